The molecule has 0 saturated heterocycles. The van der Waals surface area contributed by atoms with Gasteiger partial charge in [-0.05, 0) is 56.4 Å². The van der Waals surface area contributed by atoms with E-state index in [1.807, 2.05) is 0 Å². The van der Waals surface area contributed by atoms with Crippen molar-refractivity contribution < 1.29 is 15.1 Å². The third-order valence-electron chi connectivity index (χ3n) is 5.94. The van der Waals surface area contributed by atoms with E-state index in [0.717, 1.165) is 57.1 Å². The van der Waals surface area contributed by atoms with E-state index >= 15 is 0 Å². The lowest BCUT2D eigenvalue weighted by Gasteiger charge is -2.19. The molecule has 0 aromatic heterocycles. The number of benzene rings is 1. The van der Waals surface area contributed by atoms with Crippen LogP contribution >= 0.6 is 0 Å². The second-order valence-electron chi connectivity index (χ2n) is 7.93. The van der Waals surface area contributed by atoms with E-state index in [-0.39, 0.29) is 6.42 Å². The predicted octanol–water partition coefficient (Wildman–Crippen LogP) is 6.07. The van der Waals surface area contributed by atoms with Gasteiger partial charge in [-0.25, -0.2) is 0 Å². The first-order valence-corrected chi connectivity index (χ1v) is 10.7. The molecule has 1 aliphatic carbocycles. The van der Waals surface area contributed by atoms with Crippen molar-refractivity contribution in [1.82, 2.24) is 0 Å². The summed E-state index contributed by atoms with van der Waals surface area (Å²) in [5, 5.41) is 21.6. The highest BCUT2D eigenvalue weighted by atomic mass is 16.4. The van der Waals surface area contributed by atoms with Crippen molar-refractivity contribution in [1.29, 1.82) is 0 Å². The summed E-state index contributed by atoms with van der Waals surface area (Å²) in [6.07, 6.45) is 13.5. The van der Waals surface area contributed by atoms with Crippen LogP contribution in [0.25, 0.3) is 0 Å². The van der Waals surface area contributed by atoms with Crippen molar-refractivity contribution in [2.45, 2.75) is 83.5 Å². The molecule has 0 aliphatic heterocycles. The number of carbonyl (C=O) groups is 1. The zero-order chi connectivity index (χ0) is 19.3. The number of carboxylic acids is 1. The fourth-order valence-electron chi connectivity index (χ4n) is 4.42. The minimum atomic E-state index is -0.693. The molecule has 0 bridgehead atoms. The highest BCUT2D eigenvalue weighted by Gasteiger charge is 2.32. The Morgan fingerprint density at radius 3 is 2.41 bits per heavy atom. The van der Waals surface area contributed by atoms with Gasteiger partial charge in [-0.3, -0.25) is 4.79 Å². The molecule has 1 aliphatic rings. The SMILES string of the molecule is O=C(O)CCCCCC[C@H]1CC/C(=N/O)[C@@H]1CCCCCc1ccccc1. The van der Waals surface area contributed by atoms with Crippen LogP contribution in [0.4, 0.5) is 0 Å². The third kappa shape index (κ3) is 8.15. The minimum Gasteiger partial charge on any atom is -0.481 e. The number of aliphatic carboxylic acids is 1. The zero-order valence-corrected chi connectivity index (χ0v) is 16.5. The molecular formula is C23H35NO3. The maximum absolute atomic E-state index is 10.5. The smallest absolute Gasteiger partial charge is 0.303 e. The summed E-state index contributed by atoms with van der Waals surface area (Å²) in [5.41, 5.74) is 2.42. The van der Waals surface area contributed by atoms with Gasteiger partial charge in [0.05, 0.1) is 5.71 Å². The highest BCUT2D eigenvalue weighted by molar-refractivity contribution is 5.88. The van der Waals surface area contributed by atoms with E-state index in [2.05, 4.69) is 35.5 Å². The van der Waals surface area contributed by atoms with Crippen molar-refractivity contribution in [2.24, 2.45) is 17.0 Å². The Morgan fingerprint density at radius 1 is 0.963 bits per heavy atom. The average Bonchev–Trinajstić information content (AvgIpc) is 3.06. The standard InChI is InChI=1S/C23H35NO3/c25-23(26)16-10-2-1-8-14-20-17-18-22(24-27)21(20)15-9-4-7-13-19-11-5-3-6-12-19/h3,5-6,11-12,20-21,27H,1-2,4,7-10,13-18H2,(H,25,26)/b24-22-/t20-,21+/m0/s1. The second kappa shape index (κ2) is 12.5. The van der Waals surface area contributed by atoms with Gasteiger partial charge >= 0.3 is 5.97 Å². The van der Waals surface area contributed by atoms with Crippen LogP contribution in [0.2, 0.25) is 0 Å². The van der Waals surface area contributed by atoms with Gasteiger partial charge in [0.15, 0.2) is 0 Å². The minimum absolute atomic E-state index is 0.288. The first-order chi connectivity index (χ1) is 13.2. The molecule has 2 atom stereocenters. The number of nitrogens with zero attached hydrogens (tertiary/aromatic N) is 1. The maximum atomic E-state index is 10.5. The predicted molar refractivity (Wildman–Crippen MR) is 109 cm³/mol. The summed E-state index contributed by atoms with van der Waals surface area (Å²) in [6, 6.07) is 10.7. The highest BCUT2D eigenvalue weighted by Crippen LogP contribution is 2.37. The molecule has 0 spiro atoms. The Kier molecular flexibility index (Phi) is 9.96. The summed E-state index contributed by atoms with van der Waals surface area (Å²) in [4.78, 5) is 10.5. The Labute approximate surface area is 163 Å². The van der Waals surface area contributed by atoms with Crippen LogP contribution < -0.4 is 0 Å². The normalized spacial score (nSPS) is 21.0. The number of oxime groups is 1. The molecule has 2 N–H and O–H groups in total. The Morgan fingerprint density at radius 2 is 1.67 bits per heavy atom. The molecule has 1 aromatic rings. The van der Waals surface area contributed by atoms with Crippen LogP contribution in [0.3, 0.4) is 0 Å². The zero-order valence-electron chi connectivity index (χ0n) is 16.5. The molecule has 4 nitrogen and oxygen atoms in total. The van der Waals surface area contributed by atoms with E-state index in [4.69, 9.17) is 5.11 Å². The Bertz CT molecular complexity index is 570. The summed E-state index contributed by atoms with van der Waals surface area (Å²) in [6.45, 7) is 0. The first-order valence-electron chi connectivity index (χ1n) is 10.7. The Hall–Kier alpha value is -1.84. The van der Waals surface area contributed by atoms with E-state index in [1.54, 1.807) is 0 Å². The van der Waals surface area contributed by atoms with Crippen molar-refractivity contribution >= 4 is 11.7 Å². The topological polar surface area (TPSA) is 69.9 Å². The molecular weight excluding hydrogens is 338 g/mol. The third-order valence-corrected chi connectivity index (χ3v) is 5.94. The van der Waals surface area contributed by atoms with E-state index in [9.17, 15) is 10.0 Å². The van der Waals surface area contributed by atoms with Crippen LogP contribution in [0.15, 0.2) is 35.5 Å². The number of hydrogen-bond acceptors (Lipinski definition) is 3. The lowest BCUT2D eigenvalue weighted by atomic mass is 9.86. The van der Waals surface area contributed by atoms with E-state index < -0.39 is 5.97 Å². The quantitative estimate of drug-likeness (QED) is 0.250. The number of carboxylic acid groups (broad SMARTS) is 1. The number of unbranched alkanes of at least 4 members (excludes halogenated alkanes) is 5. The van der Waals surface area contributed by atoms with Gasteiger partial charge in [0.1, 0.15) is 0 Å². The van der Waals surface area contributed by atoms with Crippen molar-refractivity contribution in [2.75, 3.05) is 0 Å². The molecule has 0 radical (unpaired) electrons. The number of hydrogen-bond donors (Lipinski definition) is 2. The van der Waals surface area contributed by atoms with Gasteiger partial charge in [0.2, 0.25) is 0 Å². The van der Waals surface area contributed by atoms with E-state index in [0.29, 0.717) is 11.8 Å². The molecule has 0 amide bonds. The molecule has 4 heteroatoms. The molecule has 0 heterocycles. The average molecular weight is 374 g/mol. The van der Waals surface area contributed by atoms with Crippen LogP contribution in [-0.2, 0) is 11.2 Å². The lowest BCUT2D eigenvalue weighted by molar-refractivity contribution is -0.137. The van der Waals surface area contributed by atoms with Crippen molar-refractivity contribution in [3.63, 3.8) is 0 Å². The maximum Gasteiger partial charge on any atom is 0.303 e. The summed E-state index contributed by atoms with van der Waals surface area (Å²) in [7, 11) is 0. The molecule has 2 rings (SSSR count). The van der Waals surface area contributed by atoms with Crippen LogP contribution in [0, 0.1) is 11.8 Å². The molecule has 1 fully saturated rings. The molecule has 0 unspecified atom stereocenters. The number of rotatable bonds is 13. The Balaban J connectivity index is 1.63. The van der Waals surface area contributed by atoms with Gasteiger partial charge in [0, 0.05) is 12.3 Å². The number of aryl methyl sites for hydroxylation is 1. The van der Waals surface area contributed by atoms with Crippen molar-refractivity contribution in [3.8, 4) is 0 Å². The summed E-state index contributed by atoms with van der Waals surface area (Å²) < 4.78 is 0. The molecule has 1 saturated carbocycles. The fourth-order valence-corrected chi connectivity index (χ4v) is 4.42. The van der Waals surface area contributed by atoms with Crippen molar-refractivity contribution in [3.05, 3.63) is 35.9 Å². The van der Waals surface area contributed by atoms with Gasteiger partial charge < -0.3 is 10.3 Å². The van der Waals surface area contributed by atoms with Gasteiger partial charge in [-0.15, -0.1) is 0 Å². The first kappa shape index (κ1) is 21.5. The molecule has 1 aromatic carbocycles. The fraction of sp³-hybridized carbons (Fsp3) is 0.652. The monoisotopic (exact) mass is 373 g/mol. The molecule has 150 valence electrons. The van der Waals surface area contributed by atoms with Gasteiger partial charge in [0.25, 0.3) is 0 Å². The second-order valence-corrected chi connectivity index (χ2v) is 7.93. The van der Waals surface area contributed by atoms with Gasteiger partial charge in [-0.1, -0.05) is 67.6 Å². The summed E-state index contributed by atoms with van der Waals surface area (Å²) >= 11 is 0. The van der Waals surface area contributed by atoms with Crippen LogP contribution in [-0.4, -0.2) is 22.0 Å². The van der Waals surface area contributed by atoms with E-state index in [1.165, 1.54) is 31.2 Å². The molecule has 27 heavy (non-hydrogen) atoms. The lowest BCUT2D eigenvalue weighted by Crippen LogP contribution is -2.15. The van der Waals surface area contributed by atoms with Gasteiger partial charge in [-0.2, -0.15) is 0 Å². The van der Waals surface area contributed by atoms with Crippen LogP contribution in [0.1, 0.15) is 82.6 Å². The summed E-state index contributed by atoms with van der Waals surface area (Å²) in [5.74, 6) is 0.400. The van der Waals surface area contributed by atoms with Crippen LogP contribution in [0.5, 0.6) is 0 Å². The largest absolute Gasteiger partial charge is 0.481 e.